The summed E-state index contributed by atoms with van der Waals surface area (Å²) in [6.07, 6.45) is 0. The number of hydrogen-bond donors (Lipinski definition) is 4. The first kappa shape index (κ1) is 24.3. The second-order valence-corrected chi connectivity index (χ2v) is 9.42. The van der Waals surface area contributed by atoms with Crippen molar-refractivity contribution in [3.63, 3.8) is 0 Å². The Bertz CT molecular complexity index is 1340. The van der Waals surface area contributed by atoms with Gasteiger partial charge in [-0.15, -0.1) is 0 Å². The summed E-state index contributed by atoms with van der Waals surface area (Å²) in [5.41, 5.74) is 1.14. The molecule has 2 atom stereocenters. The number of amidine groups is 1. The van der Waals surface area contributed by atoms with Gasteiger partial charge in [0, 0.05) is 48.9 Å². The van der Waals surface area contributed by atoms with E-state index in [2.05, 4.69) is 39.6 Å². The molecule has 3 heterocycles. The molecule has 5 rings (SSSR count). The van der Waals surface area contributed by atoms with Crippen LogP contribution in [0.25, 0.3) is 0 Å². The summed E-state index contributed by atoms with van der Waals surface area (Å²) >= 11 is 0. The highest BCUT2D eigenvalue weighted by Crippen LogP contribution is 2.28. The van der Waals surface area contributed by atoms with E-state index in [9.17, 15) is 14.4 Å². The van der Waals surface area contributed by atoms with Crippen molar-refractivity contribution in [1.29, 1.82) is 5.41 Å². The minimum Gasteiger partial charge on any atom is -0.497 e. The molecular weight excluding hydrogens is 472 g/mol. The van der Waals surface area contributed by atoms with Gasteiger partial charge < -0.3 is 25.2 Å². The quantitative estimate of drug-likeness (QED) is 0.214. The summed E-state index contributed by atoms with van der Waals surface area (Å²) in [6, 6.07) is 12.1. The molecule has 0 bridgehead atoms. The van der Waals surface area contributed by atoms with Gasteiger partial charge in [0.1, 0.15) is 11.6 Å². The normalized spacial score (nSPS) is 22.6. The Labute approximate surface area is 214 Å². The summed E-state index contributed by atoms with van der Waals surface area (Å²) in [5, 5.41) is 16.8. The fraction of sp³-hybridized carbons (Fsp3) is 0.333. The number of nitrogens with zero attached hydrogens (tertiary/aromatic N) is 2. The molecule has 2 saturated heterocycles. The number of piperazine rings is 1. The zero-order valence-corrected chi connectivity index (χ0v) is 20.7. The van der Waals surface area contributed by atoms with Crippen molar-refractivity contribution in [3.8, 4) is 17.6 Å². The second-order valence-electron chi connectivity index (χ2n) is 9.42. The molecule has 2 fully saturated rings. The van der Waals surface area contributed by atoms with Gasteiger partial charge in [-0.25, -0.2) is 4.79 Å². The Hall–Kier alpha value is -4.36. The van der Waals surface area contributed by atoms with E-state index in [1.54, 1.807) is 24.3 Å². The second kappa shape index (κ2) is 9.59. The number of ether oxygens (including phenoxy) is 1. The van der Waals surface area contributed by atoms with Crippen molar-refractivity contribution in [1.82, 2.24) is 25.8 Å². The summed E-state index contributed by atoms with van der Waals surface area (Å²) in [7, 11) is 1.53. The molecule has 0 aromatic heterocycles. The Morgan fingerprint density at radius 3 is 2.65 bits per heavy atom. The highest BCUT2D eigenvalue weighted by atomic mass is 16.5. The van der Waals surface area contributed by atoms with E-state index in [0.29, 0.717) is 29.3 Å². The number of nitrogens with one attached hydrogen (secondary N) is 4. The predicted octanol–water partition coefficient (Wildman–Crippen LogP) is 0.900. The number of benzene rings is 2. The van der Waals surface area contributed by atoms with Crippen LogP contribution in [0.3, 0.4) is 0 Å². The summed E-state index contributed by atoms with van der Waals surface area (Å²) in [6.45, 7) is 4.72. The van der Waals surface area contributed by atoms with Crippen LogP contribution in [0.4, 0.5) is 4.79 Å². The van der Waals surface area contributed by atoms with E-state index in [0.717, 1.165) is 30.8 Å². The monoisotopic (exact) mass is 500 g/mol. The first-order valence-corrected chi connectivity index (χ1v) is 12.1. The maximum atomic E-state index is 13.1. The van der Waals surface area contributed by atoms with Crippen molar-refractivity contribution in [2.75, 3.05) is 33.3 Å². The molecule has 0 aliphatic carbocycles. The molecule has 0 unspecified atom stereocenters. The standard InChI is InChI=1S/C27H28N6O4/c1-17-14-29-11-12-33(17)23(28)19-5-3-18(4-6-19)9-10-27(25(35)30-26(36)31-27)16-32-15-20-7-8-21(37-2)13-22(20)24(32)34/h3-8,13,17,28-29H,11-12,14-16H2,1-2H3,(H2,30,31,35,36)/t17-,27+/m0/s1. The van der Waals surface area contributed by atoms with Gasteiger partial charge in [0.2, 0.25) is 5.54 Å². The lowest BCUT2D eigenvalue weighted by Crippen LogP contribution is -2.54. The number of amides is 4. The van der Waals surface area contributed by atoms with Crippen LogP contribution in [0.15, 0.2) is 42.5 Å². The zero-order chi connectivity index (χ0) is 26.2. The van der Waals surface area contributed by atoms with Crippen LogP contribution in [0.2, 0.25) is 0 Å². The smallest absolute Gasteiger partial charge is 0.323 e. The molecule has 10 nitrogen and oxygen atoms in total. The minimum absolute atomic E-state index is 0.100. The Balaban J connectivity index is 1.36. The van der Waals surface area contributed by atoms with Crippen molar-refractivity contribution in [3.05, 3.63) is 64.7 Å². The van der Waals surface area contributed by atoms with Crippen LogP contribution in [0, 0.1) is 17.3 Å². The largest absolute Gasteiger partial charge is 0.497 e. The van der Waals surface area contributed by atoms with Gasteiger partial charge in [-0.1, -0.05) is 30.0 Å². The Morgan fingerprint density at radius 2 is 1.97 bits per heavy atom. The SMILES string of the molecule is COc1ccc2c(c1)C(=O)N(C[C@@]1(C#Cc3ccc(C(=N)N4CCNC[C@@H]4C)cc3)NC(=O)NC1=O)C2. The lowest BCUT2D eigenvalue weighted by atomic mass is 9.98. The molecular formula is C27H28N6O4. The molecule has 2 aromatic rings. The maximum Gasteiger partial charge on any atom is 0.323 e. The molecule has 0 spiro atoms. The summed E-state index contributed by atoms with van der Waals surface area (Å²) in [5.74, 6) is 6.07. The first-order valence-electron chi connectivity index (χ1n) is 12.1. The molecule has 3 aliphatic rings. The third-order valence-corrected chi connectivity index (χ3v) is 6.93. The van der Waals surface area contributed by atoms with E-state index in [4.69, 9.17) is 10.1 Å². The first-order chi connectivity index (χ1) is 17.8. The van der Waals surface area contributed by atoms with Gasteiger partial charge in [0.05, 0.1) is 13.7 Å². The van der Waals surface area contributed by atoms with Gasteiger partial charge in [-0.2, -0.15) is 0 Å². The average molecular weight is 501 g/mol. The molecule has 2 aromatic carbocycles. The van der Waals surface area contributed by atoms with Crippen molar-refractivity contribution in [2.45, 2.75) is 25.0 Å². The van der Waals surface area contributed by atoms with Crippen molar-refractivity contribution < 1.29 is 19.1 Å². The van der Waals surface area contributed by atoms with Crippen molar-refractivity contribution in [2.24, 2.45) is 0 Å². The molecule has 4 N–H and O–H groups in total. The number of urea groups is 1. The van der Waals surface area contributed by atoms with Gasteiger partial charge in [-0.05, 0) is 36.8 Å². The average Bonchev–Trinajstić information content (AvgIpc) is 3.36. The van der Waals surface area contributed by atoms with E-state index >= 15 is 0 Å². The van der Waals surface area contributed by atoms with E-state index in [1.807, 2.05) is 18.2 Å². The van der Waals surface area contributed by atoms with Crippen LogP contribution in [0.5, 0.6) is 5.75 Å². The van der Waals surface area contributed by atoms with Gasteiger partial charge in [0.15, 0.2) is 0 Å². The van der Waals surface area contributed by atoms with Crippen molar-refractivity contribution >= 4 is 23.7 Å². The molecule has 3 aliphatic heterocycles. The number of rotatable bonds is 4. The lowest BCUT2D eigenvalue weighted by molar-refractivity contribution is -0.122. The molecule has 190 valence electrons. The maximum absolute atomic E-state index is 13.1. The minimum atomic E-state index is -1.58. The molecule has 0 radical (unpaired) electrons. The number of fused-ring (bicyclic) bond motifs is 1. The van der Waals surface area contributed by atoms with Gasteiger partial charge >= 0.3 is 6.03 Å². The number of imide groups is 1. The fourth-order valence-corrected chi connectivity index (χ4v) is 4.84. The topological polar surface area (TPSA) is 127 Å². The van der Waals surface area contributed by atoms with E-state index < -0.39 is 17.5 Å². The fourth-order valence-electron chi connectivity index (χ4n) is 4.84. The van der Waals surface area contributed by atoms with Crippen LogP contribution < -0.4 is 20.7 Å². The third-order valence-electron chi connectivity index (χ3n) is 6.93. The van der Waals surface area contributed by atoms with Gasteiger partial charge in [0.25, 0.3) is 11.8 Å². The Morgan fingerprint density at radius 1 is 1.19 bits per heavy atom. The van der Waals surface area contributed by atoms with Crippen LogP contribution in [-0.2, 0) is 11.3 Å². The van der Waals surface area contributed by atoms with Crippen LogP contribution in [-0.4, -0.2) is 78.4 Å². The number of methoxy groups -OCH3 is 1. The zero-order valence-electron chi connectivity index (χ0n) is 20.7. The van der Waals surface area contributed by atoms with E-state index in [1.165, 1.54) is 12.0 Å². The number of carbonyl (C=O) groups is 3. The number of carbonyl (C=O) groups excluding carboxylic acids is 3. The molecule has 37 heavy (non-hydrogen) atoms. The van der Waals surface area contributed by atoms with Crippen LogP contribution >= 0.6 is 0 Å². The molecule has 10 heteroatoms. The predicted molar refractivity (Wildman–Crippen MR) is 136 cm³/mol. The number of hydrogen-bond acceptors (Lipinski definition) is 6. The highest BCUT2D eigenvalue weighted by Gasteiger charge is 2.48. The Kier molecular flexibility index (Phi) is 6.31. The van der Waals surface area contributed by atoms with Crippen LogP contribution in [0.1, 0.15) is 34.0 Å². The molecule has 4 amide bonds. The lowest BCUT2D eigenvalue weighted by Gasteiger charge is -2.36. The summed E-state index contributed by atoms with van der Waals surface area (Å²) in [4.78, 5) is 41.5. The highest BCUT2D eigenvalue weighted by molar-refractivity contribution is 6.10. The van der Waals surface area contributed by atoms with Gasteiger partial charge in [-0.3, -0.25) is 20.3 Å². The third kappa shape index (κ3) is 4.61. The summed E-state index contributed by atoms with van der Waals surface area (Å²) < 4.78 is 5.22. The van der Waals surface area contributed by atoms with E-state index in [-0.39, 0.29) is 18.5 Å². The molecule has 0 saturated carbocycles.